The Kier molecular flexibility index (Phi) is 3.30. The van der Waals surface area contributed by atoms with Crippen molar-refractivity contribution in [3.05, 3.63) is 89.5 Å². The van der Waals surface area contributed by atoms with E-state index in [1.807, 2.05) is 0 Å². The number of fused-ring (bicyclic) bond motifs is 2. The molecule has 0 unspecified atom stereocenters. The van der Waals surface area contributed by atoms with E-state index < -0.39 is 0 Å². The van der Waals surface area contributed by atoms with Gasteiger partial charge in [0, 0.05) is 37.1 Å². The highest BCUT2D eigenvalue weighted by Crippen LogP contribution is 2.44. The third kappa shape index (κ3) is 2.36. The van der Waals surface area contributed by atoms with E-state index in [1.54, 1.807) is 0 Å². The van der Waals surface area contributed by atoms with Crippen LogP contribution in [0.1, 0.15) is 22.6 Å². The Bertz CT molecular complexity index is 789. The van der Waals surface area contributed by atoms with Gasteiger partial charge in [-0.25, -0.2) is 0 Å². The summed E-state index contributed by atoms with van der Waals surface area (Å²) in [6, 6.07) is 26.1. The quantitative estimate of drug-likeness (QED) is 0.561. The van der Waals surface area contributed by atoms with E-state index in [0.29, 0.717) is 0 Å². The fourth-order valence-corrected chi connectivity index (χ4v) is 3.36. The first-order valence-corrected chi connectivity index (χ1v) is 7.96. The molecule has 0 aliphatic carbocycles. The Labute approximate surface area is 137 Å². The Morgan fingerprint density at radius 3 is 1.74 bits per heavy atom. The number of para-hydroxylation sites is 2. The van der Waals surface area contributed by atoms with Gasteiger partial charge in [-0.15, -0.1) is 0 Å². The maximum absolute atomic E-state index is 3.56. The van der Waals surface area contributed by atoms with Crippen LogP contribution < -0.4 is 10.2 Å². The minimum atomic E-state index is 0.278. The molecule has 0 atom stereocenters. The number of nitrogens with one attached hydrogen (secondary N) is 1. The second-order valence-corrected chi connectivity index (χ2v) is 6.22. The maximum Gasteiger partial charge on any atom is 0.0426 e. The van der Waals surface area contributed by atoms with Crippen LogP contribution in [0.15, 0.2) is 72.8 Å². The monoisotopic (exact) mass is 300 g/mol. The lowest BCUT2D eigenvalue weighted by Crippen LogP contribution is -2.14. The van der Waals surface area contributed by atoms with Crippen molar-refractivity contribution in [2.24, 2.45) is 0 Å². The molecule has 1 aliphatic heterocycles. The molecule has 2 nitrogen and oxygen atoms in total. The Balaban J connectivity index is 1.87. The van der Waals surface area contributed by atoms with Gasteiger partial charge < -0.3 is 10.2 Å². The van der Waals surface area contributed by atoms with Gasteiger partial charge in [-0.05, 0) is 41.0 Å². The highest BCUT2D eigenvalue weighted by Gasteiger charge is 2.26. The lowest BCUT2D eigenvalue weighted by molar-refractivity contribution is 0.963. The summed E-state index contributed by atoms with van der Waals surface area (Å²) in [5.41, 5.74) is 7.63. The maximum atomic E-state index is 3.56. The first-order valence-electron chi connectivity index (χ1n) is 7.96. The highest BCUT2D eigenvalue weighted by atomic mass is 15.1. The third-order valence-corrected chi connectivity index (χ3v) is 4.56. The van der Waals surface area contributed by atoms with Crippen LogP contribution >= 0.6 is 0 Å². The molecule has 0 fully saturated rings. The number of benzene rings is 3. The molecule has 4 rings (SSSR count). The van der Waals surface area contributed by atoms with Crippen molar-refractivity contribution in [3.8, 4) is 0 Å². The van der Waals surface area contributed by atoms with Crippen LogP contribution in [-0.2, 0) is 0 Å². The fourth-order valence-electron chi connectivity index (χ4n) is 3.36. The predicted octanol–water partition coefficient (Wildman–Crippen LogP) is 4.99. The zero-order valence-corrected chi connectivity index (χ0v) is 13.5. The molecule has 1 N–H and O–H groups in total. The van der Waals surface area contributed by atoms with Gasteiger partial charge in [0.05, 0.1) is 0 Å². The van der Waals surface area contributed by atoms with E-state index in [4.69, 9.17) is 0 Å². The number of anilines is 3. The molecule has 1 aliphatic rings. The third-order valence-electron chi connectivity index (χ3n) is 4.56. The molecule has 0 saturated heterocycles. The summed E-state index contributed by atoms with van der Waals surface area (Å²) in [5, 5.41) is 3.56. The van der Waals surface area contributed by atoms with Gasteiger partial charge in [0.15, 0.2) is 0 Å². The smallest absolute Gasteiger partial charge is 0.0426 e. The Morgan fingerprint density at radius 1 is 0.696 bits per heavy atom. The number of hydrogen-bond acceptors (Lipinski definition) is 2. The minimum Gasteiger partial charge on any atom is -0.378 e. The minimum absolute atomic E-state index is 0.278. The zero-order valence-electron chi connectivity index (χ0n) is 13.5. The molecule has 0 saturated carbocycles. The van der Waals surface area contributed by atoms with E-state index >= 15 is 0 Å². The average Bonchev–Trinajstić information content (AvgIpc) is 2.59. The van der Waals surface area contributed by atoms with Crippen molar-refractivity contribution < 1.29 is 0 Å². The molecule has 23 heavy (non-hydrogen) atoms. The van der Waals surface area contributed by atoms with Gasteiger partial charge in [0.25, 0.3) is 0 Å². The van der Waals surface area contributed by atoms with E-state index in [-0.39, 0.29) is 5.92 Å². The molecule has 0 aromatic heterocycles. The van der Waals surface area contributed by atoms with Crippen molar-refractivity contribution in [1.29, 1.82) is 0 Å². The molecular weight excluding hydrogens is 280 g/mol. The van der Waals surface area contributed by atoms with Crippen LogP contribution in [0.2, 0.25) is 0 Å². The van der Waals surface area contributed by atoms with Crippen LogP contribution in [0.4, 0.5) is 17.1 Å². The van der Waals surface area contributed by atoms with Crippen molar-refractivity contribution in [3.63, 3.8) is 0 Å². The number of nitrogens with zero attached hydrogens (tertiary/aromatic N) is 1. The Hall–Kier alpha value is -2.74. The summed E-state index contributed by atoms with van der Waals surface area (Å²) in [4.78, 5) is 2.13. The first kappa shape index (κ1) is 13.9. The second-order valence-electron chi connectivity index (χ2n) is 6.22. The molecular formula is C21H20N2. The SMILES string of the molecule is CN(C)c1ccc(C2c3ccccc3Nc3ccccc32)cc1. The van der Waals surface area contributed by atoms with Crippen LogP contribution in [0.25, 0.3) is 0 Å². The lowest BCUT2D eigenvalue weighted by atomic mass is 9.81. The molecule has 3 aromatic carbocycles. The molecule has 0 spiro atoms. The lowest BCUT2D eigenvalue weighted by Gasteiger charge is -2.30. The largest absolute Gasteiger partial charge is 0.378 e. The standard InChI is InChI=1S/C21H20N2/c1-23(2)16-13-11-15(12-14-16)21-17-7-3-5-9-19(17)22-20-10-6-4-8-18(20)21/h3-14,21-22H,1-2H3. The van der Waals surface area contributed by atoms with Crippen LogP contribution in [0, 0.1) is 0 Å². The topological polar surface area (TPSA) is 15.3 Å². The summed E-state index contributed by atoms with van der Waals surface area (Å²) in [6.07, 6.45) is 0. The van der Waals surface area contributed by atoms with Gasteiger partial charge >= 0.3 is 0 Å². The van der Waals surface area contributed by atoms with Gasteiger partial charge in [0.1, 0.15) is 0 Å². The first-order chi connectivity index (χ1) is 11.2. The Morgan fingerprint density at radius 2 is 1.22 bits per heavy atom. The van der Waals surface area contributed by atoms with E-state index in [2.05, 4.69) is 97.1 Å². The van der Waals surface area contributed by atoms with Gasteiger partial charge in [-0.2, -0.15) is 0 Å². The number of rotatable bonds is 2. The average molecular weight is 300 g/mol. The predicted molar refractivity (Wildman–Crippen MR) is 97.9 cm³/mol. The molecule has 114 valence electrons. The zero-order chi connectivity index (χ0) is 15.8. The molecule has 0 amide bonds. The summed E-state index contributed by atoms with van der Waals surface area (Å²) < 4.78 is 0. The highest BCUT2D eigenvalue weighted by molar-refractivity contribution is 5.75. The van der Waals surface area contributed by atoms with Gasteiger partial charge in [-0.1, -0.05) is 48.5 Å². The molecule has 1 heterocycles. The van der Waals surface area contributed by atoms with Crippen molar-refractivity contribution in [2.45, 2.75) is 5.92 Å². The van der Waals surface area contributed by atoms with Gasteiger partial charge in [-0.3, -0.25) is 0 Å². The molecule has 2 heteroatoms. The van der Waals surface area contributed by atoms with Crippen molar-refractivity contribution in [2.75, 3.05) is 24.3 Å². The summed E-state index contributed by atoms with van der Waals surface area (Å²) in [5.74, 6) is 0.278. The van der Waals surface area contributed by atoms with Crippen LogP contribution in [0.3, 0.4) is 0 Å². The molecule has 0 radical (unpaired) electrons. The second kappa shape index (κ2) is 5.47. The van der Waals surface area contributed by atoms with Gasteiger partial charge in [0.2, 0.25) is 0 Å². The molecule has 0 bridgehead atoms. The fraction of sp³-hybridized carbons (Fsp3) is 0.143. The van der Waals surface area contributed by atoms with Crippen molar-refractivity contribution in [1.82, 2.24) is 0 Å². The van der Waals surface area contributed by atoms with Crippen LogP contribution in [0.5, 0.6) is 0 Å². The summed E-state index contributed by atoms with van der Waals surface area (Å²) >= 11 is 0. The van der Waals surface area contributed by atoms with E-state index in [9.17, 15) is 0 Å². The van der Waals surface area contributed by atoms with Crippen molar-refractivity contribution >= 4 is 17.1 Å². The normalized spacial score (nSPS) is 13.0. The molecule has 3 aromatic rings. The number of hydrogen-bond donors (Lipinski definition) is 1. The summed E-state index contributed by atoms with van der Waals surface area (Å²) in [6.45, 7) is 0. The van der Waals surface area contributed by atoms with E-state index in [1.165, 1.54) is 33.8 Å². The van der Waals surface area contributed by atoms with Crippen LogP contribution in [-0.4, -0.2) is 14.1 Å². The van der Waals surface area contributed by atoms with E-state index in [0.717, 1.165) is 0 Å². The summed E-state index contributed by atoms with van der Waals surface area (Å²) in [7, 11) is 4.15.